The molecule has 5 rings (SSSR count). The smallest absolute Gasteiger partial charge is 0.252 e. The van der Waals surface area contributed by atoms with Crippen molar-refractivity contribution >= 4 is 10.9 Å². The number of hydrogen-bond acceptors (Lipinski definition) is 5. The van der Waals surface area contributed by atoms with Gasteiger partial charge in [-0.3, -0.25) is 9.69 Å². The molecule has 194 valence electrons. The summed E-state index contributed by atoms with van der Waals surface area (Å²) in [6.07, 6.45) is 0.662. The average Bonchev–Trinajstić information content (AvgIpc) is 3.35. The van der Waals surface area contributed by atoms with Gasteiger partial charge in [-0.25, -0.2) is 13.5 Å². The van der Waals surface area contributed by atoms with Crippen molar-refractivity contribution in [3.05, 3.63) is 123 Å². The number of pyridine rings is 1. The third-order valence-electron chi connectivity index (χ3n) is 6.68. The largest absolute Gasteiger partial charge is 0.322 e. The average molecular weight is 515 g/mol. The molecule has 38 heavy (non-hydrogen) atoms. The quantitative estimate of drug-likeness (QED) is 0.289. The van der Waals surface area contributed by atoms with Crippen LogP contribution in [0.3, 0.4) is 0 Å². The molecule has 0 fully saturated rings. The van der Waals surface area contributed by atoms with Crippen LogP contribution in [0.5, 0.6) is 0 Å². The van der Waals surface area contributed by atoms with E-state index in [1.165, 1.54) is 24.3 Å². The Hall–Kier alpha value is -4.24. The third-order valence-corrected chi connectivity index (χ3v) is 6.68. The van der Waals surface area contributed by atoms with Gasteiger partial charge < -0.3 is 4.98 Å². The number of aromatic nitrogens is 5. The van der Waals surface area contributed by atoms with Crippen LogP contribution >= 0.6 is 0 Å². The lowest BCUT2D eigenvalue weighted by atomic mass is 10.1. The van der Waals surface area contributed by atoms with Crippen molar-refractivity contribution in [1.82, 2.24) is 30.1 Å². The minimum atomic E-state index is -0.308. The van der Waals surface area contributed by atoms with Crippen LogP contribution in [0.4, 0.5) is 8.78 Å². The van der Waals surface area contributed by atoms with Crippen LogP contribution in [0.2, 0.25) is 0 Å². The molecule has 1 atom stereocenters. The Labute approximate surface area is 218 Å². The molecule has 1 N–H and O–H groups in total. The molecular formula is C29H28F2N6O. The first-order valence-corrected chi connectivity index (χ1v) is 12.5. The fourth-order valence-corrected chi connectivity index (χ4v) is 4.73. The maximum absolute atomic E-state index is 13.6. The number of hydrogen-bond donors (Lipinski definition) is 1. The summed E-state index contributed by atoms with van der Waals surface area (Å²) < 4.78 is 28.7. The fraction of sp³-hybridized carbons (Fsp3) is 0.241. The highest BCUT2D eigenvalue weighted by atomic mass is 19.1. The Kier molecular flexibility index (Phi) is 7.37. The number of H-pyrrole nitrogens is 1. The van der Waals surface area contributed by atoms with Gasteiger partial charge in [0.1, 0.15) is 11.6 Å². The van der Waals surface area contributed by atoms with Gasteiger partial charge in [0.15, 0.2) is 5.82 Å². The first kappa shape index (κ1) is 25.4. The van der Waals surface area contributed by atoms with E-state index in [1.807, 2.05) is 38.1 Å². The van der Waals surface area contributed by atoms with Gasteiger partial charge in [0.2, 0.25) is 0 Å². The zero-order chi connectivity index (χ0) is 26.6. The maximum atomic E-state index is 13.6. The maximum Gasteiger partial charge on any atom is 0.252 e. The molecule has 0 radical (unpaired) electrons. The molecule has 2 aromatic heterocycles. The third kappa shape index (κ3) is 5.68. The van der Waals surface area contributed by atoms with Gasteiger partial charge in [-0.2, -0.15) is 0 Å². The normalized spacial score (nSPS) is 12.3. The monoisotopic (exact) mass is 514 g/mol. The Morgan fingerprint density at radius 1 is 0.921 bits per heavy atom. The zero-order valence-corrected chi connectivity index (χ0v) is 21.2. The summed E-state index contributed by atoms with van der Waals surface area (Å²) in [5.74, 6) is 0.0157. The van der Waals surface area contributed by atoms with Gasteiger partial charge in [0.25, 0.3) is 5.56 Å². The number of tetrazole rings is 1. The van der Waals surface area contributed by atoms with Crippen molar-refractivity contribution in [1.29, 1.82) is 0 Å². The van der Waals surface area contributed by atoms with Crippen LogP contribution in [0.1, 0.15) is 47.5 Å². The molecule has 0 aliphatic carbocycles. The number of benzene rings is 3. The highest BCUT2D eigenvalue weighted by Gasteiger charge is 2.26. The Balaban J connectivity index is 1.51. The molecule has 5 aromatic rings. The van der Waals surface area contributed by atoms with E-state index >= 15 is 0 Å². The molecule has 0 unspecified atom stereocenters. The van der Waals surface area contributed by atoms with Crippen molar-refractivity contribution in [3.63, 3.8) is 0 Å². The molecule has 3 aromatic carbocycles. The van der Waals surface area contributed by atoms with Crippen molar-refractivity contribution in [2.24, 2.45) is 0 Å². The van der Waals surface area contributed by atoms with Gasteiger partial charge >= 0.3 is 0 Å². The molecule has 0 bridgehead atoms. The van der Waals surface area contributed by atoms with Gasteiger partial charge in [-0.1, -0.05) is 43.3 Å². The minimum Gasteiger partial charge on any atom is -0.322 e. The van der Waals surface area contributed by atoms with Crippen LogP contribution in [-0.4, -0.2) is 30.1 Å². The summed E-state index contributed by atoms with van der Waals surface area (Å²) in [5.41, 5.74) is 4.07. The van der Waals surface area contributed by atoms with Gasteiger partial charge in [-0.15, -0.1) is 5.10 Å². The summed E-state index contributed by atoms with van der Waals surface area (Å²) in [5, 5.41) is 13.4. The number of aryl methyl sites for hydroxylation is 1. The topological polar surface area (TPSA) is 79.7 Å². The Morgan fingerprint density at radius 2 is 1.61 bits per heavy atom. The summed E-state index contributed by atoms with van der Waals surface area (Å²) in [6.45, 7) is 5.18. The first-order chi connectivity index (χ1) is 18.4. The van der Waals surface area contributed by atoms with E-state index in [1.54, 1.807) is 28.9 Å². The van der Waals surface area contributed by atoms with E-state index in [4.69, 9.17) is 0 Å². The number of fused-ring (bicyclic) bond motifs is 1. The lowest BCUT2D eigenvalue weighted by Crippen LogP contribution is -2.32. The van der Waals surface area contributed by atoms with Crippen molar-refractivity contribution in [2.75, 3.05) is 0 Å². The lowest BCUT2D eigenvalue weighted by molar-refractivity contribution is 0.161. The van der Waals surface area contributed by atoms with E-state index in [2.05, 4.69) is 25.4 Å². The van der Waals surface area contributed by atoms with Crippen LogP contribution in [-0.2, 0) is 19.6 Å². The predicted molar refractivity (Wildman–Crippen MR) is 141 cm³/mol. The van der Waals surface area contributed by atoms with E-state index in [9.17, 15) is 13.6 Å². The number of halogens is 2. The van der Waals surface area contributed by atoms with Crippen LogP contribution in [0.15, 0.2) is 77.6 Å². The number of aromatic amines is 1. The highest BCUT2D eigenvalue weighted by Crippen LogP contribution is 2.27. The molecule has 0 spiro atoms. The SMILES string of the molecule is CC[C@H](c1nnnn1Cc1ccc(F)cc1)N(Cc1ccc(F)cc1)Cc1cc2ccc(C)cc2[nH]c1=O. The second kappa shape index (κ2) is 11.0. The molecule has 0 saturated heterocycles. The van der Waals surface area contributed by atoms with Gasteiger partial charge in [0, 0.05) is 24.2 Å². The molecule has 0 saturated carbocycles. The zero-order valence-electron chi connectivity index (χ0n) is 21.2. The Morgan fingerprint density at radius 3 is 2.29 bits per heavy atom. The Bertz CT molecular complexity index is 1590. The van der Waals surface area contributed by atoms with Gasteiger partial charge in [-0.05, 0) is 82.2 Å². The van der Waals surface area contributed by atoms with E-state index < -0.39 is 0 Å². The number of rotatable bonds is 9. The van der Waals surface area contributed by atoms with Gasteiger partial charge in [0.05, 0.1) is 12.6 Å². The number of nitrogens with zero attached hydrogens (tertiary/aromatic N) is 5. The second-order valence-corrected chi connectivity index (χ2v) is 9.49. The van der Waals surface area contributed by atoms with E-state index in [-0.39, 0.29) is 23.2 Å². The number of nitrogens with one attached hydrogen (secondary N) is 1. The lowest BCUT2D eigenvalue weighted by Gasteiger charge is -2.30. The molecular weight excluding hydrogens is 486 g/mol. The molecule has 7 nitrogen and oxygen atoms in total. The summed E-state index contributed by atoms with van der Waals surface area (Å²) in [6, 6.07) is 20.2. The highest BCUT2D eigenvalue weighted by molar-refractivity contribution is 5.79. The molecule has 0 amide bonds. The minimum absolute atomic E-state index is 0.159. The fourth-order valence-electron chi connectivity index (χ4n) is 4.73. The summed E-state index contributed by atoms with van der Waals surface area (Å²) in [4.78, 5) is 18.2. The van der Waals surface area contributed by atoms with E-state index in [0.29, 0.717) is 37.4 Å². The molecule has 0 aliphatic rings. The van der Waals surface area contributed by atoms with Crippen LogP contribution in [0.25, 0.3) is 10.9 Å². The summed E-state index contributed by atoms with van der Waals surface area (Å²) in [7, 11) is 0. The standard InChI is InChI=1S/C29H28F2N6O/c1-3-27(28-33-34-35-37(28)17-21-7-12-25(31)13-8-21)36(16-20-5-10-24(30)11-6-20)18-23-15-22-9-4-19(2)14-26(22)32-29(23)38/h4-15,27H,3,16-18H2,1-2H3,(H,32,38)/t27-/m1/s1. The van der Waals surface area contributed by atoms with E-state index in [0.717, 1.165) is 27.6 Å². The van der Waals surface area contributed by atoms with Crippen molar-refractivity contribution in [3.8, 4) is 0 Å². The predicted octanol–water partition coefficient (Wildman–Crippen LogP) is 5.30. The van der Waals surface area contributed by atoms with Crippen molar-refractivity contribution < 1.29 is 8.78 Å². The molecule has 2 heterocycles. The van der Waals surface area contributed by atoms with Crippen LogP contribution in [0, 0.1) is 18.6 Å². The van der Waals surface area contributed by atoms with Crippen molar-refractivity contribution in [2.45, 2.75) is 45.9 Å². The second-order valence-electron chi connectivity index (χ2n) is 9.49. The first-order valence-electron chi connectivity index (χ1n) is 12.5. The molecule has 9 heteroatoms. The molecule has 0 aliphatic heterocycles. The summed E-state index contributed by atoms with van der Waals surface area (Å²) >= 11 is 0. The van der Waals surface area contributed by atoms with Crippen LogP contribution < -0.4 is 5.56 Å².